The van der Waals surface area contributed by atoms with Crippen LogP contribution in [0.5, 0.6) is 0 Å². The van der Waals surface area contributed by atoms with Crippen LogP contribution >= 0.6 is 0 Å². The average Bonchev–Trinajstić information content (AvgIpc) is 3.01. The fraction of sp³-hybridized carbons (Fsp3) is 0.417. The second kappa shape index (κ2) is 9.28. The maximum Gasteiger partial charge on any atom is 0.408 e. The molecule has 0 saturated carbocycles. The summed E-state index contributed by atoms with van der Waals surface area (Å²) >= 11 is 0. The normalized spacial score (nSPS) is 19.8. The van der Waals surface area contributed by atoms with Gasteiger partial charge >= 0.3 is 12.1 Å². The Balaban J connectivity index is 1.72. The number of cyclic esters (lactones) is 1. The molecule has 1 fully saturated rings. The molecule has 1 amide bonds. The Bertz CT molecular complexity index is 878. The smallest absolute Gasteiger partial charge is 0.408 e. The Morgan fingerprint density at radius 3 is 2.53 bits per heavy atom. The van der Waals surface area contributed by atoms with Crippen molar-refractivity contribution in [2.75, 3.05) is 0 Å². The fourth-order valence-electron chi connectivity index (χ4n) is 3.63. The quantitative estimate of drug-likeness (QED) is 0.712. The van der Waals surface area contributed by atoms with Crippen molar-refractivity contribution in [2.45, 2.75) is 57.8 Å². The van der Waals surface area contributed by atoms with E-state index < -0.39 is 23.8 Å². The molecule has 0 unspecified atom stereocenters. The van der Waals surface area contributed by atoms with Crippen molar-refractivity contribution in [1.82, 2.24) is 5.32 Å². The number of esters is 1. The number of alkyl carbamates (subject to hydrolysis) is 1. The molecule has 3 atom stereocenters. The van der Waals surface area contributed by atoms with Crippen molar-refractivity contribution in [1.29, 1.82) is 0 Å². The lowest BCUT2D eigenvalue weighted by Gasteiger charge is -2.26. The summed E-state index contributed by atoms with van der Waals surface area (Å²) in [5.74, 6) is -1.03. The van der Waals surface area contributed by atoms with Crippen LogP contribution in [-0.2, 0) is 27.1 Å². The van der Waals surface area contributed by atoms with Crippen LogP contribution in [0.2, 0.25) is 0 Å². The summed E-state index contributed by atoms with van der Waals surface area (Å²) in [5.41, 5.74) is 1.13. The first-order valence-corrected chi connectivity index (χ1v) is 10.2. The maximum atomic E-state index is 13.5. The zero-order valence-corrected chi connectivity index (χ0v) is 17.6. The first kappa shape index (κ1) is 21.8. The van der Waals surface area contributed by atoms with E-state index in [0.717, 1.165) is 11.1 Å². The Morgan fingerprint density at radius 2 is 1.87 bits per heavy atom. The third kappa shape index (κ3) is 6.31. The Kier molecular flexibility index (Phi) is 6.75. The molecule has 0 aliphatic carbocycles. The first-order chi connectivity index (χ1) is 14.2. The van der Waals surface area contributed by atoms with Crippen molar-refractivity contribution in [3.63, 3.8) is 0 Å². The minimum Gasteiger partial charge on any atom is -0.460 e. The summed E-state index contributed by atoms with van der Waals surface area (Å²) < 4.78 is 24.5. The van der Waals surface area contributed by atoms with E-state index in [2.05, 4.69) is 5.32 Å². The number of halogens is 1. The number of benzene rings is 2. The summed E-state index contributed by atoms with van der Waals surface area (Å²) in [6.07, 6.45) is 0.321. The van der Waals surface area contributed by atoms with Crippen LogP contribution in [0.25, 0.3) is 0 Å². The highest BCUT2D eigenvalue weighted by atomic mass is 19.1. The van der Waals surface area contributed by atoms with Crippen molar-refractivity contribution >= 4 is 12.1 Å². The summed E-state index contributed by atoms with van der Waals surface area (Å²) in [5, 5.41) is 2.88. The van der Waals surface area contributed by atoms with Crippen molar-refractivity contribution in [3.8, 4) is 0 Å². The van der Waals surface area contributed by atoms with E-state index in [1.54, 1.807) is 32.9 Å². The predicted molar refractivity (Wildman–Crippen MR) is 111 cm³/mol. The van der Waals surface area contributed by atoms with Crippen LogP contribution in [0, 0.1) is 11.7 Å². The van der Waals surface area contributed by atoms with Gasteiger partial charge < -0.3 is 14.8 Å². The van der Waals surface area contributed by atoms with Gasteiger partial charge in [-0.2, -0.15) is 0 Å². The summed E-state index contributed by atoms with van der Waals surface area (Å²) in [6, 6.07) is 15.5. The summed E-state index contributed by atoms with van der Waals surface area (Å²) in [4.78, 5) is 24.9. The molecule has 1 aliphatic rings. The largest absolute Gasteiger partial charge is 0.460 e. The van der Waals surface area contributed by atoms with Gasteiger partial charge in [0.15, 0.2) is 0 Å². The predicted octanol–water partition coefficient (Wildman–Crippen LogP) is 4.44. The van der Waals surface area contributed by atoms with Crippen LogP contribution < -0.4 is 5.32 Å². The summed E-state index contributed by atoms with van der Waals surface area (Å²) in [6.45, 7) is 5.39. The average molecular weight is 413 g/mol. The molecular formula is C24H28FNO4. The lowest BCUT2D eigenvalue weighted by atomic mass is 9.92. The van der Waals surface area contributed by atoms with Crippen molar-refractivity contribution in [2.24, 2.45) is 5.92 Å². The van der Waals surface area contributed by atoms with Gasteiger partial charge in [-0.1, -0.05) is 42.5 Å². The molecule has 0 aromatic heterocycles. The lowest BCUT2D eigenvalue weighted by Crippen LogP contribution is -2.46. The van der Waals surface area contributed by atoms with E-state index in [4.69, 9.17) is 9.47 Å². The van der Waals surface area contributed by atoms with Gasteiger partial charge in [-0.05, 0) is 56.9 Å². The number of hydrogen-bond donors (Lipinski definition) is 1. The van der Waals surface area contributed by atoms with E-state index >= 15 is 0 Å². The fourth-order valence-corrected chi connectivity index (χ4v) is 3.63. The standard InChI is InChI=1S/C24H28FNO4/c1-24(2,3)30-23(28)26-20(14-16-8-5-4-6-9-16)21-15-18(22(27)29-21)12-17-10-7-11-19(25)13-17/h4-11,13,18,20-21H,12,14-15H2,1-3H3,(H,26,28)/t18-,20+,21+/m1/s1. The molecule has 2 aromatic carbocycles. The molecule has 1 heterocycles. The van der Waals surface area contributed by atoms with Crippen LogP contribution in [0.3, 0.4) is 0 Å². The number of ether oxygens (including phenoxy) is 2. The molecule has 1 aliphatic heterocycles. The zero-order chi connectivity index (χ0) is 21.7. The van der Waals surface area contributed by atoms with Crippen molar-refractivity contribution in [3.05, 3.63) is 71.5 Å². The molecular weight excluding hydrogens is 385 g/mol. The van der Waals surface area contributed by atoms with Gasteiger partial charge in [0, 0.05) is 6.42 Å². The van der Waals surface area contributed by atoms with Gasteiger partial charge in [-0.15, -0.1) is 0 Å². The molecule has 6 heteroatoms. The maximum absolute atomic E-state index is 13.5. The third-order valence-electron chi connectivity index (χ3n) is 4.94. The molecule has 3 rings (SSSR count). The topological polar surface area (TPSA) is 64.6 Å². The molecule has 0 radical (unpaired) electrons. The van der Waals surface area contributed by atoms with Gasteiger partial charge in [0.05, 0.1) is 12.0 Å². The number of hydrogen-bond acceptors (Lipinski definition) is 4. The highest BCUT2D eigenvalue weighted by Gasteiger charge is 2.40. The second-order valence-electron chi connectivity index (χ2n) is 8.68. The molecule has 1 saturated heterocycles. The minimum atomic E-state index is -0.631. The number of carbonyl (C=O) groups is 2. The second-order valence-corrected chi connectivity index (χ2v) is 8.68. The Hall–Kier alpha value is -2.89. The van der Waals surface area contributed by atoms with E-state index in [1.165, 1.54) is 12.1 Å². The molecule has 0 spiro atoms. The number of carbonyl (C=O) groups excluding carboxylic acids is 2. The highest BCUT2D eigenvalue weighted by Crippen LogP contribution is 2.28. The molecule has 1 N–H and O–H groups in total. The van der Waals surface area contributed by atoms with Crippen LogP contribution in [0.4, 0.5) is 9.18 Å². The minimum absolute atomic E-state index is 0.326. The monoisotopic (exact) mass is 413 g/mol. The molecule has 5 nitrogen and oxygen atoms in total. The Morgan fingerprint density at radius 1 is 1.17 bits per heavy atom. The van der Waals surface area contributed by atoms with Gasteiger partial charge in [0.25, 0.3) is 0 Å². The van der Waals surface area contributed by atoms with Gasteiger partial charge in [-0.25, -0.2) is 9.18 Å². The SMILES string of the molecule is CC(C)(C)OC(=O)N[C@@H](Cc1ccccc1)[C@@H]1C[C@@H](Cc2cccc(F)c2)C(=O)O1. The number of rotatable bonds is 6. The first-order valence-electron chi connectivity index (χ1n) is 10.2. The van der Waals surface area contributed by atoms with Crippen molar-refractivity contribution < 1.29 is 23.5 Å². The third-order valence-corrected chi connectivity index (χ3v) is 4.94. The van der Waals surface area contributed by atoms with Crippen LogP contribution in [-0.4, -0.2) is 29.8 Å². The molecule has 160 valence electrons. The number of amides is 1. The Labute approximate surface area is 176 Å². The van der Waals surface area contributed by atoms with Crippen LogP contribution in [0.15, 0.2) is 54.6 Å². The van der Waals surface area contributed by atoms with Gasteiger partial charge in [0.2, 0.25) is 0 Å². The molecule has 2 aromatic rings. The summed E-state index contributed by atoms with van der Waals surface area (Å²) in [7, 11) is 0. The van der Waals surface area contributed by atoms with E-state index in [9.17, 15) is 14.0 Å². The zero-order valence-electron chi connectivity index (χ0n) is 17.6. The molecule has 0 bridgehead atoms. The van der Waals surface area contributed by atoms with Gasteiger partial charge in [0.1, 0.15) is 17.5 Å². The van der Waals surface area contributed by atoms with Crippen LogP contribution in [0.1, 0.15) is 38.3 Å². The molecule has 30 heavy (non-hydrogen) atoms. The van der Waals surface area contributed by atoms with E-state index in [-0.39, 0.29) is 17.7 Å². The van der Waals surface area contributed by atoms with Gasteiger partial charge in [-0.3, -0.25) is 4.79 Å². The van der Waals surface area contributed by atoms with E-state index in [1.807, 2.05) is 30.3 Å². The number of nitrogens with one attached hydrogen (secondary N) is 1. The lowest BCUT2D eigenvalue weighted by molar-refractivity contribution is -0.145. The highest BCUT2D eigenvalue weighted by molar-refractivity contribution is 5.75. The van der Waals surface area contributed by atoms with E-state index in [0.29, 0.717) is 19.3 Å².